The molecule has 1 amide bonds. The van der Waals surface area contributed by atoms with Crippen molar-refractivity contribution in [3.8, 4) is 0 Å². The largest absolute Gasteiger partial charge is 0.481 e. The van der Waals surface area contributed by atoms with E-state index in [0.29, 0.717) is 15.6 Å². The lowest BCUT2D eigenvalue weighted by atomic mass is 9.99. The number of hydrogen-bond acceptors (Lipinski definition) is 2. The number of nitrogens with zero attached hydrogens (tertiary/aromatic N) is 1. The molecule has 90 valence electrons. The summed E-state index contributed by atoms with van der Waals surface area (Å²) in [4.78, 5) is 24.0. The van der Waals surface area contributed by atoms with Crippen LogP contribution in [-0.4, -0.2) is 35.0 Å². The van der Waals surface area contributed by atoms with Crippen molar-refractivity contribution in [2.24, 2.45) is 5.92 Å². The number of hydrogen-bond donors (Lipinski definition) is 1. The van der Waals surface area contributed by atoms with E-state index in [1.54, 1.807) is 0 Å². The zero-order valence-corrected chi connectivity index (χ0v) is 10.2. The van der Waals surface area contributed by atoms with Crippen LogP contribution in [0.5, 0.6) is 0 Å². The molecule has 1 N–H and O–H groups in total. The SMILES string of the molecule is O=C(O)C1CN(C(=O)c2cc(Cl)cc(Cl)c2)C1. The summed E-state index contributed by atoms with van der Waals surface area (Å²) in [6.45, 7) is 0.469. The highest BCUT2D eigenvalue weighted by molar-refractivity contribution is 6.35. The van der Waals surface area contributed by atoms with E-state index in [0.717, 1.165) is 0 Å². The van der Waals surface area contributed by atoms with Crippen molar-refractivity contribution in [3.63, 3.8) is 0 Å². The van der Waals surface area contributed by atoms with Gasteiger partial charge in [0, 0.05) is 28.7 Å². The van der Waals surface area contributed by atoms with Crippen LogP contribution in [0.1, 0.15) is 10.4 Å². The molecule has 0 radical (unpaired) electrons. The molecule has 0 unspecified atom stereocenters. The molecule has 0 spiro atoms. The molecule has 2 rings (SSSR count). The van der Waals surface area contributed by atoms with Gasteiger partial charge in [-0.05, 0) is 18.2 Å². The molecule has 1 aromatic carbocycles. The summed E-state index contributed by atoms with van der Waals surface area (Å²) in [7, 11) is 0. The highest BCUT2D eigenvalue weighted by Gasteiger charge is 2.35. The van der Waals surface area contributed by atoms with Gasteiger partial charge in [-0.1, -0.05) is 23.2 Å². The van der Waals surface area contributed by atoms with E-state index in [1.807, 2.05) is 0 Å². The van der Waals surface area contributed by atoms with Crippen molar-refractivity contribution in [2.75, 3.05) is 13.1 Å². The van der Waals surface area contributed by atoms with Crippen molar-refractivity contribution in [1.29, 1.82) is 0 Å². The topological polar surface area (TPSA) is 57.6 Å². The summed E-state index contributed by atoms with van der Waals surface area (Å²) in [6.07, 6.45) is 0. The van der Waals surface area contributed by atoms with E-state index in [2.05, 4.69) is 0 Å². The van der Waals surface area contributed by atoms with Gasteiger partial charge < -0.3 is 10.0 Å². The fourth-order valence-corrected chi connectivity index (χ4v) is 2.19. The number of carboxylic acids is 1. The van der Waals surface area contributed by atoms with Crippen LogP contribution in [0, 0.1) is 5.92 Å². The molecule has 0 aromatic heterocycles. The van der Waals surface area contributed by atoms with Gasteiger partial charge in [-0.15, -0.1) is 0 Å². The van der Waals surface area contributed by atoms with Gasteiger partial charge in [0.15, 0.2) is 0 Å². The first-order valence-electron chi connectivity index (χ1n) is 4.95. The maximum Gasteiger partial charge on any atom is 0.310 e. The monoisotopic (exact) mass is 273 g/mol. The van der Waals surface area contributed by atoms with E-state index >= 15 is 0 Å². The molecular weight excluding hydrogens is 265 g/mol. The molecule has 1 aromatic rings. The Kier molecular flexibility index (Phi) is 3.26. The zero-order valence-electron chi connectivity index (χ0n) is 8.69. The molecule has 6 heteroatoms. The van der Waals surface area contributed by atoms with Crippen LogP contribution in [-0.2, 0) is 4.79 Å². The predicted molar refractivity (Wildman–Crippen MR) is 63.5 cm³/mol. The number of likely N-dealkylation sites (tertiary alicyclic amines) is 1. The first-order valence-corrected chi connectivity index (χ1v) is 5.71. The first kappa shape index (κ1) is 12.2. The van der Waals surface area contributed by atoms with Crippen LogP contribution in [0.4, 0.5) is 0 Å². The van der Waals surface area contributed by atoms with Crippen molar-refractivity contribution in [2.45, 2.75) is 0 Å². The molecular formula is C11H9Cl2NO3. The van der Waals surface area contributed by atoms with Gasteiger partial charge in [-0.3, -0.25) is 9.59 Å². The van der Waals surface area contributed by atoms with Gasteiger partial charge in [-0.2, -0.15) is 0 Å². The van der Waals surface area contributed by atoms with Gasteiger partial charge in [0.1, 0.15) is 0 Å². The smallest absolute Gasteiger partial charge is 0.310 e. The summed E-state index contributed by atoms with van der Waals surface area (Å²) >= 11 is 11.6. The van der Waals surface area contributed by atoms with Crippen LogP contribution in [0.15, 0.2) is 18.2 Å². The number of rotatable bonds is 2. The Morgan fingerprint density at radius 1 is 1.18 bits per heavy atom. The standard InChI is InChI=1S/C11H9Cl2NO3/c12-8-1-6(2-9(13)3-8)10(15)14-4-7(5-14)11(16)17/h1-3,7H,4-5H2,(H,16,17). The van der Waals surface area contributed by atoms with Crippen molar-refractivity contribution in [3.05, 3.63) is 33.8 Å². The Morgan fingerprint density at radius 2 is 1.71 bits per heavy atom. The Bertz CT molecular complexity index is 463. The molecule has 1 heterocycles. The van der Waals surface area contributed by atoms with E-state index < -0.39 is 11.9 Å². The third-order valence-corrected chi connectivity index (χ3v) is 3.06. The predicted octanol–water partition coefficient (Wildman–Crippen LogP) is 2.15. The highest BCUT2D eigenvalue weighted by Crippen LogP contribution is 2.23. The fraction of sp³-hybridized carbons (Fsp3) is 0.273. The second-order valence-corrected chi connectivity index (χ2v) is 4.78. The molecule has 17 heavy (non-hydrogen) atoms. The number of aliphatic carboxylic acids is 1. The van der Waals surface area contributed by atoms with Crippen LogP contribution in [0.2, 0.25) is 10.0 Å². The Labute approximate surface area is 108 Å². The lowest BCUT2D eigenvalue weighted by molar-refractivity contribution is -0.146. The molecule has 1 aliphatic rings. The summed E-state index contributed by atoms with van der Waals surface area (Å²) in [6, 6.07) is 4.57. The zero-order chi connectivity index (χ0) is 12.6. The Balaban J connectivity index is 2.09. The minimum Gasteiger partial charge on any atom is -0.481 e. The lowest BCUT2D eigenvalue weighted by Gasteiger charge is -2.36. The Hall–Kier alpha value is -1.26. The molecule has 0 aliphatic carbocycles. The molecule has 0 bridgehead atoms. The van der Waals surface area contributed by atoms with E-state index in [4.69, 9.17) is 28.3 Å². The van der Waals surface area contributed by atoms with Gasteiger partial charge in [0.05, 0.1) is 5.92 Å². The maximum absolute atomic E-state index is 11.9. The van der Waals surface area contributed by atoms with Crippen molar-refractivity contribution >= 4 is 35.1 Å². The number of halogens is 2. The molecule has 1 saturated heterocycles. The molecule has 0 atom stereocenters. The second-order valence-electron chi connectivity index (χ2n) is 3.90. The number of benzene rings is 1. The Morgan fingerprint density at radius 3 is 2.18 bits per heavy atom. The average molecular weight is 274 g/mol. The third kappa shape index (κ3) is 2.53. The number of carbonyl (C=O) groups is 2. The van der Waals surface area contributed by atoms with Crippen LogP contribution in [0.3, 0.4) is 0 Å². The second kappa shape index (κ2) is 4.55. The van der Waals surface area contributed by atoms with Crippen molar-refractivity contribution < 1.29 is 14.7 Å². The van der Waals surface area contributed by atoms with Crippen molar-refractivity contribution in [1.82, 2.24) is 4.90 Å². The minimum atomic E-state index is -0.877. The van der Waals surface area contributed by atoms with Crippen LogP contribution >= 0.6 is 23.2 Å². The van der Waals surface area contributed by atoms with Gasteiger partial charge >= 0.3 is 5.97 Å². The minimum absolute atomic E-state index is 0.234. The van der Waals surface area contributed by atoms with Crippen LogP contribution in [0.25, 0.3) is 0 Å². The molecule has 4 nitrogen and oxygen atoms in total. The molecule has 0 saturated carbocycles. The summed E-state index contributed by atoms with van der Waals surface area (Å²) in [5.74, 6) is -1.58. The highest BCUT2D eigenvalue weighted by atomic mass is 35.5. The molecule has 1 aliphatic heterocycles. The average Bonchev–Trinajstić information content (AvgIpc) is 2.12. The van der Waals surface area contributed by atoms with E-state index in [-0.39, 0.29) is 19.0 Å². The number of amides is 1. The van der Waals surface area contributed by atoms with Gasteiger partial charge in [-0.25, -0.2) is 0 Å². The number of carboxylic acid groups (broad SMARTS) is 1. The molecule has 1 fully saturated rings. The fourth-order valence-electron chi connectivity index (χ4n) is 1.66. The van der Waals surface area contributed by atoms with E-state index in [9.17, 15) is 9.59 Å². The van der Waals surface area contributed by atoms with E-state index in [1.165, 1.54) is 23.1 Å². The quantitative estimate of drug-likeness (QED) is 0.898. The normalized spacial score (nSPS) is 15.5. The lowest BCUT2D eigenvalue weighted by Crippen LogP contribution is -2.53. The maximum atomic E-state index is 11.9. The van der Waals surface area contributed by atoms with Crippen LogP contribution < -0.4 is 0 Å². The summed E-state index contributed by atoms with van der Waals surface area (Å²) in [5, 5.41) is 9.48. The number of carbonyl (C=O) groups excluding carboxylic acids is 1. The summed E-state index contributed by atoms with van der Waals surface area (Å²) < 4.78 is 0. The first-order chi connectivity index (χ1) is 7.97. The van der Waals surface area contributed by atoms with Gasteiger partial charge in [0.25, 0.3) is 5.91 Å². The summed E-state index contributed by atoms with van der Waals surface area (Å²) in [5.41, 5.74) is 0.381. The van der Waals surface area contributed by atoms with Gasteiger partial charge in [0.2, 0.25) is 0 Å². The third-order valence-electron chi connectivity index (χ3n) is 2.63.